The van der Waals surface area contributed by atoms with Crippen LogP contribution in [0.15, 0.2) is 38.5 Å². The molecule has 0 saturated heterocycles. The van der Waals surface area contributed by atoms with Gasteiger partial charge in [-0.15, -0.1) is 26.3 Å². The van der Waals surface area contributed by atoms with Gasteiger partial charge in [0.2, 0.25) is 0 Å². The fourth-order valence-electron chi connectivity index (χ4n) is 1.03. The van der Waals surface area contributed by atoms with E-state index in [1.54, 1.807) is 6.08 Å². The first-order chi connectivity index (χ1) is 10.1. The highest BCUT2D eigenvalue weighted by molar-refractivity contribution is 5.66. The van der Waals surface area contributed by atoms with Crippen molar-refractivity contribution in [3.05, 3.63) is 38.5 Å². The second kappa shape index (κ2) is 36.2. The molecule has 0 aliphatic rings. The molecule has 0 heterocycles. The van der Waals surface area contributed by atoms with Crippen LogP contribution in [0.25, 0.3) is 0 Å². The number of aldehydes is 1. The van der Waals surface area contributed by atoms with E-state index in [0.29, 0.717) is 6.42 Å². The van der Waals surface area contributed by atoms with Crippen LogP contribution in [-0.4, -0.2) is 17.4 Å². The first kappa shape index (κ1) is 27.7. The first-order valence-electron chi connectivity index (χ1n) is 7.43. The van der Waals surface area contributed by atoms with Gasteiger partial charge >= 0.3 is 5.97 Å². The van der Waals surface area contributed by atoms with Gasteiger partial charge in [-0.3, -0.25) is 4.79 Å². The van der Waals surface area contributed by atoms with Crippen molar-refractivity contribution >= 4 is 12.3 Å². The summed E-state index contributed by atoms with van der Waals surface area (Å²) < 4.78 is 0. The van der Waals surface area contributed by atoms with E-state index in [-0.39, 0.29) is 6.42 Å². The molecule has 0 radical (unpaired) electrons. The molecule has 3 nitrogen and oxygen atoms in total. The van der Waals surface area contributed by atoms with Gasteiger partial charge in [-0.05, 0) is 26.2 Å². The SMILES string of the molecule is C=C.C=CC.C=CCC.O=CCCCCCCCC(=O)O. The molecule has 0 atom stereocenters. The van der Waals surface area contributed by atoms with E-state index in [2.05, 4.69) is 33.2 Å². The summed E-state index contributed by atoms with van der Waals surface area (Å²) in [4.78, 5) is 20.0. The number of carbonyl (C=O) groups is 2. The third-order valence-corrected chi connectivity index (χ3v) is 2.00. The molecule has 0 saturated carbocycles. The van der Waals surface area contributed by atoms with Crippen LogP contribution in [0.3, 0.4) is 0 Å². The Morgan fingerprint density at radius 2 is 1.43 bits per heavy atom. The van der Waals surface area contributed by atoms with Gasteiger partial charge in [-0.2, -0.15) is 0 Å². The Morgan fingerprint density at radius 3 is 1.76 bits per heavy atom. The molecule has 0 aliphatic heterocycles. The molecular formula is C18H34O3. The Hall–Kier alpha value is -1.64. The van der Waals surface area contributed by atoms with Gasteiger partial charge in [0.05, 0.1) is 0 Å². The minimum absolute atomic E-state index is 0.272. The summed E-state index contributed by atoms with van der Waals surface area (Å²) in [6.07, 6.45) is 11.3. The molecule has 0 fully saturated rings. The number of carboxylic acids is 1. The zero-order valence-corrected chi connectivity index (χ0v) is 14.0. The Morgan fingerprint density at radius 1 is 1.05 bits per heavy atom. The molecule has 0 aliphatic carbocycles. The zero-order valence-electron chi connectivity index (χ0n) is 14.0. The lowest BCUT2D eigenvalue weighted by Crippen LogP contribution is -1.93. The van der Waals surface area contributed by atoms with Crippen LogP contribution in [0, 0.1) is 0 Å². The highest BCUT2D eigenvalue weighted by Crippen LogP contribution is 2.05. The van der Waals surface area contributed by atoms with Crippen molar-refractivity contribution in [3.8, 4) is 0 Å². The summed E-state index contributed by atoms with van der Waals surface area (Å²) in [7, 11) is 0. The first-order valence-corrected chi connectivity index (χ1v) is 7.43. The number of hydrogen-bond donors (Lipinski definition) is 1. The van der Waals surface area contributed by atoms with Crippen LogP contribution in [0.4, 0.5) is 0 Å². The highest BCUT2D eigenvalue weighted by atomic mass is 16.4. The van der Waals surface area contributed by atoms with E-state index in [0.717, 1.165) is 44.8 Å². The van der Waals surface area contributed by atoms with Crippen molar-refractivity contribution in [2.75, 3.05) is 0 Å². The molecule has 0 amide bonds. The highest BCUT2D eigenvalue weighted by Gasteiger charge is 1.95. The monoisotopic (exact) mass is 298 g/mol. The molecule has 0 rings (SSSR count). The normalized spacial score (nSPS) is 7.52. The predicted octanol–water partition coefficient (Wildman–Crippen LogP) is 5.58. The molecule has 3 heteroatoms. The lowest BCUT2D eigenvalue weighted by atomic mass is 10.1. The van der Waals surface area contributed by atoms with Gasteiger partial charge in [0.15, 0.2) is 0 Å². The van der Waals surface area contributed by atoms with E-state index < -0.39 is 5.97 Å². The molecule has 124 valence electrons. The lowest BCUT2D eigenvalue weighted by Gasteiger charge is -1.96. The second-order valence-electron chi connectivity index (χ2n) is 3.97. The Bertz CT molecular complexity index is 223. The van der Waals surface area contributed by atoms with Gasteiger partial charge in [-0.1, -0.05) is 38.3 Å². The molecule has 0 aromatic heterocycles. The van der Waals surface area contributed by atoms with Crippen LogP contribution in [0.1, 0.15) is 65.2 Å². The van der Waals surface area contributed by atoms with Crippen molar-refractivity contribution < 1.29 is 14.7 Å². The molecule has 0 bridgehead atoms. The predicted molar refractivity (Wildman–Crippen MR) is 93.6 cm³/mol. The van der Waals surface area contributed by atoms with Gasteiger partial charge < -0.3 is 9.90 Å². The summed E-state index contributed by atoms with van der Waals surface area (Å²) in [5, 5.41) is 8.31. The second-order valence-corrected chi connectivity index (χ2v) is 3.97. The van der Waals surface area contributed by atoms with Crippen molar-refractivity contribution in [2.24, 2.45) is 0 Å². The molecule has 0 aromatic rings. The average Bonchev–Trinajstić information content (AvgIpc) is 2.49. The lowest BCUT2D eigenvalue weighted by molar-refractivity contribution is -0.137. The van der Waals surface area contributed by atoms with Gasteiger partial charge in [0, 0.05) is 12.8 Å². The average molecular weight is 298 g/mol. The van der Waals surface area contributed by atoms with Crippen molar-refractivity contribution in [1.82, 2.24) is 0 Å². The largest absolute Gasteiger partial charge is 0.481 e. The number of allylic oxidation sites excluding steroid dienone is 2. The maximum atomic E-state index is 10.1. The summed E-state index contributed by atoms with van der Waals surface area (Å²) in [5.74, 6) is -0.720. The Kier molecular flexibility index (Phi) is 47.7. The summed E-state index contributed by atoms with van der Waals surface area (Å²) >= 11 is 0. The van der Waals surface area contributed by atoms with E-state index in [1.165, 1.54) is 0 Å². The maximum Gasteiger partial charge on any atom is 0.303 e. The zero-order chi connectivity index (χ0) is 17.4. The topological polar surface area (TPSA) is 54.4 Å². The fraction of sp³-hybridized carbons (Fsp3) is 0.556. The van der Waals surface area contributed by atoms with Crippen LogP contribution >= 0.6 is 0 Å². The van der Waals surface area contributed by atoms with Gasteiger partial charge in [0.1, 0.15) is 6.29 Å². The van der Waals surface area contributed by atoms with Gasteiger partial charge in [-0.25, -0.2) is 0 Å². The minimum atomic E-state index is -0.720. The summed E-state index contributed by atoms with van der Waals surface area (Å²) in [6, 6.07) is 0. The van der Waals surface area contributed by atoms with Crippen molar-refractivity contribution in [3.63, 3.8) is 0 Å². The number of hydrogen-bond acceptors (Lipinski definition) is 2. The van der Waals surface area contributed by atoms with Crippen LogP contribution in [0.2, 0.25) is 0 Å². The van der Waals surface area contributed by atoms with E-state index in [4.69, 9.17) is 5.11 Å². The number of carboxylic acid groups (broad SMARTS) is 1. The summed E-state index contributed by atoms with van der Waals surface area (Å²) in [6.45, 7) is 16.8. The quantitative estimate of drug-likeness (QED) is 0.343. The van der Waals surface area contributed by atoms with Crippen LogP contribution in [-0.2, 0) is 9.59 Å². The van der Waals surface area contributed by atoms with Crippen molar-refractivity contribution in [1.29, 1.82) is 0 Å². The number of carbonyl (C=O) groups excluding carboxylic acids is 1. The smallest absolute Gasteiger partial charge is 0.303 e. The number of rotatable bonds is 9. The van der Waals surface area contributed by atoms with Crippen molar-refractivity contribution in [2.45, 2.75) is 65.2 Å². The van der Waals surface area contributed by atoms with Crippen LogP contribution < -0.4 is 0 Å². The van der Waals surface area contributed by atoms with E-state index >= 15 is 0 Å². The van der Waals surface area contributed by atoms with Crippen LogP contribution in [0.5, 0.6) is 0 Å². The van der Waals surface area contributed by atoms with E-state index in [1.807, 2.05) is 13.0 Å². The molecule has 0 spiro atoms. The maximum absolute atomic E-state index is 10.1. The standard InChI is InChI=1S/C9H16O3.C4H8.C3H6.C2H4/c10-8-6-4-2-1-3-5-7-9(11)12;1-3-4-2;1-3-2;1-2/h8H,1-7H2,(H,11,12);3H,1,4H2,2H3;3H,1H2,2H3;1-2H2. The molecule has 1 N–H and O–H groups in total. The Labute approximate surface area is 131 Å². The summed E-state index contributed by atoms with van der Waals surface area (Å²) in [5.41, 5.74) is 0. The molecular weight excluding hydrogens is 264 g/mol. The van der Waals surface area contributed by atoms with Gasteiger partial charge in [0.25, 0.3) is 0 Å². The number of aliphatic carboxylic acids is 1. The molecule has 0 unspecified atom stereocenters. The Balaban J connectivity index is -0.000000133. The third-order valence-electron chi connectivity index (χ3n) is 2.00. The number of unbranched alkanes of at least 4 members (excludes halogenated alkanes) is 5. The van der Waals surface area contributed by atoms with E-state index in [9.17, 15) is 9.59 Å². The minimum Gasteiger partial charge on any atom is -0.481 e. The third kappa shape index (κ3) is 70.3. The fourth-order valence-corrected chi connectivity index (χ4v) is 1.03. The molecule has 0 aromatic carbocycles. The molecule has 21 heavy (non-hydrogen) atoms.